The van der Waals surface area contributed by atoms with Gasteiger partial charge in [0, 0.05) is 24.0 Å². The van der Waals surface area contributed by atoms with E-state index in [0.717, 1.165) is 10.8 Å². The number of amides is 1. The minimum atomic E-state index is -2.20. The average molecular weight is 340 g/mol. The molecule has 1 aromatic heterocycles. The van der Waals surface area contributed by atoms with Gasteiger partial charge in [-0.25, -0.2) is 4.79 Å². The Labute approximate surface area is 134 Å². The van der Waals surface area contributed by atoms with Crippen molar-refractivity contribution in [3.05, 3.63) is 29.8 Å². The van der Waals surface area contributed by atoms with E-state index in [4.69, 9.17) is 20.8 Å². The highest BCUT2D eigenvalue weighted by atomic mass is 35.5. The van der Waals surface area contributed by atoms with Crippen LogP contribution >= 0.6 is 11.6 Å². The molecule has 5 nitrogen and oxygen atoms in total. The Kier molecular flexibility index (Phi) is 4.93. The SMILES string of the molecule is COC(=O)c1cccc2cc([Si](C)(CCl)CNC(C)=O)oc12. The molecule has 0 radical (unpaired) electrons. The zero-order valence-electron chi connectivity index (χ0n) is 12.7. The van der Waals surface area contributed by atoms with Gasteiger partial charge in [0.2, 0.25) is 5.91 Å². The van der Waals surface area contributed by atoms with E-state index in [1.165, 1.54) is 14.0 Å². The van der Waals surface area contributed by atoms with E-state index < -0.39 is 14.0 Å². The molecule has 2 aromatic rings. The molecule has 0 saturated heterocycles. The summed E-state index contributed by atoms with van der Waals surface area (Å²) in [6.07, 6.45) is 0.485. The third-order valence-electron chi connectivity index (χ3n) is 3.57. The van der Waals surface area contributed by atoms with Gasteiger partial charge in [-0.3, -0.25) is 4.79 Å². The van der Waals surface area contributed by atoms with Crippen LogP contribution in [0.4, 0.5) is 0 Å². The zero-order chi connectivity index (χ0) is 16.3. The summed E-state index contributed by atoms with van der Waals surface area (Å²) in [6.45, 7) is 3.50. The number of halogens is 1. The molecule has 7 heteroatoms. The number of alkyl halides is 1. The molecular formula is C15H18ClNO4Si. The van der Waals surface area contributed by atoms with E-state index in [9.17, 15) is 9.59 Å². The molecule has 0 bridgehead atoms. The maximum Gasteiger partial charge on any atom is 0.341 e. The maximum atomic E-state index is 11.8. The minimum Gasteiger partial charge on any atom is -0.465 e. The van der Waals surface area contributed by atoms with Gasteiger partial charge in [0.15, 0.2) is 8.07 Å². The predicted octanol–water partition coefficient (Wildman–Crippen LogP) is 1.96. The molecule has 1 amide bonds. The second-order valence-electron chi connectivity index (χ2n) is 5.43. The Balaban J connectivity index is 2.47. The fourth-order valence-electron chi connectivity index (χ4n) is 2.15. The van der Waals surface area contributed by atoms with Gasteiger partial charge >= 0.3 is 5.97 Å². The summed E-state index contributed by atoms with van der Waals surface area (Å²) >= 11 is 6.14. The molecule has 0 aliphatic rings. The standard InChI is InChI=1S/C15H18ClNO4Si/c1-10(18)17-9-22(3,8-16)13-7-11-5-4-6-12(14(11)21-13)15(19)20-2/h4-7H,8-9H2,1-3H3,(H,17,18). The lowest BCUT2D eigenvalue weighted by molar-refractivity contribution is -0.118. The minimum absolute atomic E-state index is 0.102. The van der Waals surface area contributed by atoms with Crippen molar-refractivity contribution in [2.75, 3.05) is 18.8 Å². The van der Waals surface area contributed by atoms with E-state index in [1.807, 2.05) is 18.7 Å². The van der Waals surface area contributed by atoms with Gasteiger partial charge in [-0.1, -0.05) is 18.7 Å². The van der Waals surface area contributed by atoms with Gasteiger partial charge in [0.25, 0.3) is 0 Å². The fraction of sp³-hybridized carbons (Fsp3) is 0.333. The summed E-state index contributed by atoms with van der Waals surface area (Å²) < 4.78 is 10.7. The number of benzene rings is 1. The first-order valence-electron chi connectivity index (χ1n) is 6.83. The Bertz CT molecular complexity index is 715. The highest BCUT2D eigenvalue weighted by Crippen LogP contribution is 2.22. The van der Waals surface area contributed by atoms with E-state index in [1.54, 1.807) is 12.1 Å². The molecule has 1 atom stereocenters. The van der Waals surface area contributed by atoms with Crippen LogP contribution in [0.1, 0.15) is 17.3 Å². The highest BCUT2D eigenvalue weighted by molar-refractivity contribution is 6.94. The van der Waals surface area contributed by atoms with Crippen molar-refractivity contribution in [1.82, 2.24) is 5.32 Å². The number of fused-ring (bicyclic) bond motifs is 1. The Morgan fingerprint density at radius 2 is 2.14 bits per heavy atom. The van der Waals surface area contributed by atoms with Crippen LogP contribution in [0.3, 0.4) is 0 Å². The number of carbonyl (C=O) groups is 2. The molecule has 1 N–H and O–H groups in total. The molecule has 0 aliphatic carbocycles. The Morgan fingerprint density at radius 3 is 2.73 bits per heavy atom. The Hall–Kier alpha value is -1.79. The Morgan fingerprint density at radius 1 is 1.41 bits per heavy atom. The molecule has 118 valence electrons. The van der Waals surface area contributed by atoms with E-state index in [-0.39, 0.29) is 5.91 Å². The highest BCUT2D eigenvalue weighted by Gasteiger charge is 2.33. The molecule has 1 aromatic carbocycles. The predicted molar refractivity (Wildman–Crippen MR) is 88.2 cm³/mol. The summed E-state index contributed by atoms with van der Waals surface area (Å²) in [5, 5.41) is 4.39. The van der Waals surface area contributed by atoms with Gasteiger partial charge in [-0.2, -0.15) is 0 Å². The van der Waals surface area contributed by atoms with Crippen LogP contribution in [0.5, 0.6) is 0 Å². The smallest absolute Gasteiger partial charge is 0.341 e. The van der Waals surface area contributed by atoms with Crippen molar-refractivity contribution in [2.45, 2.75) is 13.5 Å². The van der Waals surface area contributed by atoms with Crippen molar-refractivity contribution in [2.24, 2.45) is 0 Å². The number of esters is 1. The summed E-state index contributed by atoms with van der Waals surface area (Å²) in [5.41, 5.74) is 1.29. The number of nitrogens with one attached hydrogen (secondary N) is 1. The van der Waals surface area contributed by atoms with E-state index in [2.05, 4.69) is 5.32 Å². The van der Waals surface area contributed by atoms with Crippen LogP contribution in [0.2, 0.25) is 6.55 Å². The van der Waals surface area contributed by atoms with E-state index in [0.29, 0.717) is 22.8 Å². The molecule has 0 spiro atoms. The molecule has 0 aliphatic heterocycles. The van der Waals surface area contributed by atoms with Gasteiger partial charge < -0.3 is 14.5 Å². The topological polar surface area (TPSA) is 68.5 Å². The summed E-state index contributed by atoms with van der Waals surface area (Å²) in [4.78, 5) is 23.0. The van der Waals surface area contributed by atoms with Crippen LogP contribution in [0.25, 0.3) is 11.0 Å². The molecular weight excluding hydrogens is 322 g/mol. The number of rotatable bonds is 5. The van der Waals surface area contributed by atoms with Crippen LogP contribution in [0, 0.1) is 0 Å². The normalized spacial score (nSPS) is 13.6. The molecule has 1 heterocycles. The average Bonchev–Trinajstić information content (AvgIpc) is 2.96. The van der Waals surface area contributed by atoms with Crippen LogP contribution in [-0.2, 0) is 9.53 Å². The summed E-state index contributed by atoms with van der Waals surface area (Å²) in [6, 6.07) is 7.21. The molecule has 2 rings (SSSR count). The lowest BCUT2D eigenvalue weighted by Gasteiger charge is -2.21. The van der Waals surface area contributed by atoms with Crippen LogP contribution in [0.15, 0.2) is 28.7 Å². The second kappa shape index (κ2) is 6.54. The van der Waals surface area contributed by atoms with Crippen molar-refractivity contribution in [3.8, 4) is 0 Å². The molecule has 1 unspecified atom stereocenters. The van der Waals surface area contributed by atoms with Crippen LogP contribution < -0.4 is 10.7 Å². The number of ether oxygens (including phenoxy) is 1. The number of hydrogen-bond donors (Lipinski definition) is 1. The van der Waals surface area contributed by atoms with Crippen molar-refractivity contribution in [1.29, 1.82) is 0 Å². The first-order valence-corrected chi connectivity index (χ1v) is 10.3. The summed E-state index contributed by atoms with van der Waals surface area (Å²) in [5.74, 6) is -0.544. The quantitative estimate of drug-likeness (QED) is 0.513. The lowest BCUT2D eigenvalue weighted by atomic mass is 10.1. The van der Waals surface area contributed by atoms with Crippen LogP contribution in [-0.4, -0.2) is 38.7 Å². The number of furan rings is 1. The molecule has 22 heavy (non-hydrogen) atoms. The third-order valence-corrected chi connectivity index (χ3v) is 8.32. The summed E-state index contributed by atoms with van der Waals surface area (Å²) in [7, 11) is -0.866. The largest absolute Gasteiger partial charge is 0.465 e. The second-order valence-corrected chi connectivity index (χ2v) is 10.5. The van der Waals surface area contributed by atoms with Crippen molar-refractivity contribution in [3.63, 3.8) is 0 Å². The first-order chi connectivity index (χ1) is 10.4. The third kappa shape index (κ3) is 3.17. The first kappa shape index (κ1) is 16.6. The van der Waals surface area contributed by atoms with Gasteiger partial charge in [0.1, 0.15) is 11.1 Å². The van der Waals surface area contributed by atoms with Crippen molar-refractivity contribution < 1.29 is 18.7 Å². The molecule has 0 saturated carbocycles. The van der Waals surface area contributed by atoms with Gasteiger partial charge in [0.05, 0.1) is 12.5 Å². The number of hydrogen-bond acceptors (Lipinski definition) is 4. The molecule has 0 fully saturated rings. The maximum absolute atomic E-state index is 11.8. The van der Waals surface area contributed by atoms with E-state index >= 15 is 0 Å². The fourth-order valence-corrected chi connectivity index (χ4v) is 4.72. The van der Waals surface area contributed by atoms with Gasteiger partial charge in [-0.05, 0) is 12.1 Å². The number of para-hydroxylation sites is 1. The zero-order valence-corrected chi connectivity index (χ0v) is 14.5. The van der Waals surface area contributed by atoms with Gasteiger partial charge in [-0.15, -0.1) is 11.6 Å². The lowest BCUT2D eigenvalue weighted by Crippen LogP contribution is -2.55. The van der Waals surface area contributed by atoms with Crippen molar-refractivity contribution >= 4 is 47.9 Å². The number of carbonyl (C=O) groups excluding carboxylic acids is 2. The monoisotopic (exact) mass is 339 g/mol. The number of methoxy groups -OCH3 is 1.